The molecule has 1 heterocycles. The summed E-state index contributed by atoms with van der Waals surface area (Å²) in [6.07, 6.45) is 0.370. The van der Waals surface area contributed by atoms with Crippen molar-refractivity contribution >= 4 is 27.7 Å². The van der Waals surface area contributed by atoms with E-state index in [1.807, 2.05) is 73.7 Å². The first-order chi connectivity index (χ1) is 19.4. The van der Waals surface area contributed by atoms with Gasteiger partial charge in [0, 0.05) is 36.0 Å². The summed E-state index contributed by atoms with van der Waals surface area (Å²) in [6.45, 7) is 2.73. The maximum atomic E-state index is 13.8. The second-order valence-corrected chi connectivity index (χ2v) is 10.3. The standard InChI is InChI=1S/C30H34BrN3O6/c1-20-30(18-21-5-10-24(31)11-6-21,29(36)34-32-19-22-7-14-26(37-2)27(17-22)38-3)33-28(40-20)23-8-12-25(13-9-23)39-16-4-15-35/h5-14,17,20,32,35H,4,15-16,18-19H2,1-3H3,(H,34,36)/t20-,30-/m0/s1. The van der Waals surface area contributed by atoms with Gasteiger partial charge in [-0.15, -0.1) is 0 Å². The Morgan fingerprint density at radius 1 is 1.02 bits per heavy atom. The Kier molecular flexibility index (Phi) is 10.0. The van der Waals surface area contributed by atoms with Gasteiger partial charge < -0.3 is 24.1 Å². The average Bonchev–Trinajstić information content (AvgIpc) is 3.31. The number of benzene rings is 3. The number of methoxy groups -OCH3 is 2. The molecule has 0 fully saturated rings. The Morgan fingerprint density at radius 3 is 2.40 bits per heavy atom. The van der Waals surface area contributed by atoms with Crippen LogP contribution in [0.4, 0.5) is 0 Å². The predicted molar refractivity (Wildman–Crippen MR) is 156 cm³/mol. The quantitative estimate of drug-likeness (QED) is 0.196. The Morgan fingerprint density at radius 2 is 1.73 bits per heavy atom. The summed E-state index contributed by atoms with van der Waals surface area (Å²) in [5.74, 6) is 2.01. The molecule has 0 bridgehead atoms. The summed E-state index contributed by atoms with van der Waals surface area (Å²) in [7, 11) is 3.17. The lowest BCUT2D eigenvalue weighted by Gasteiger charge is -2.28. The van der Waals surface area contributed by atoms with Crippen LogP contribution in [0.15, 0.2) is 76.2 Å². The molecule has 10 heteroatoms. The molecule has 2 atom stereocenters. The third-order valence-corrected chi connectivity index (χ3v) is 7.19. The molecule has 4 rings (SSSR count). The molecule has 3 aromatic rings. The molecule has 0 saturated carbocycles. The number of carbonyl (C=O) groups is 1. The molecule has 0 radical (unpaired) electrons. The molecule has 0 unspecified atom stereocenters. The number of nitrogens with zero attached hydrogens (tertiary/aromatic N) is 1. The molecule has 1 aliphatic heterocycles. The fourth-order valence-electron chi connectivity index (χ4n) is 4.38. The fraction of sp³-hybridized carbons (Fsp3) is 0.333. The number of hydrogen-bond acceptors (Lipinski definition) is 8. The van der Waals surface area contributed by atoms with Crippen molar-refractivity contribution in [2.75, 3.05) is 27.4 Å². The molecule has 1 aliphatic rings. The van der Waals surface area contributed by atoms with Gasteiger partial charge in [-0.25, -0.2) is 10.4 Å². The number of amides is 1. The van der Waals surface area contributed by atoms with Crippen LogP contribution in [0.25, 0.3) is 0 Å². The molecule has 0 aliphatic carbocycles. The number of halogens is 1. The third kappa shape index (κ3) is 6.93. The monoisotopic (exact) mass is 611 g/mol. The van der Waals surface area contributed by atoms with Gasteiger partial charge in [-0.1, -0.05) is 34.1 Å². The zero-order valence-corrected chi connectivity index (χ0v) is 24.4. The maximum Gasteiger partial charge on any atom is 0.266 e. The lowest BCUT2D eigenvalue weighted by Crippen LogP contribution is -2.55. The molecule has 212 valence electrons. The summed E-state index contributed by atoms with van der Waals surface area (Å²) in [4.78, 5) is 18.7. The van der Waals surface area contributed by atoms with Crippen LogP contribution in [-0.2, 0) is 22.5 Å². The predicted octanol–water partition coefficient (Wildman–Crippen LogP) is 4.20. The van der Waals surface area contributed by atoms with Crippen LogP contribution in [0.3, 0.4) is 0 Å². The molecule has 3 aromatic carbocycles. The number of aliphatic hydroxyl groups excluding tert-OH is 1. The lowest BCUT2D eigenvalue weighted by atomic mass is 9.86. The second kappa shape index (κ2) is 13.6. The molecular weight excluding hydrogens is 578 g/mol. The summed E-state index contributed by atoms with van der Waals surface area (Å²) in [5.41, 5.74) is 7.28. The Labute approximate surface area is 242 Å². The van der Waals surface area contributed by atoms with Gasteiger partial charge in [0.1, 0.15) is 11.9 Å². The van der Waals surface area contributed by atoms with Gasteiger partial charge in [0.25, 0.3) is 5.91 Å². The number of rotatable bonds is 13. The Balaban J connectivity index is 1.54. The lowest BCUT2D eigenvalue weighted by molar-refractivity contribution is -0.129. The van der Waals surface area contributed by atoms with Gasteiger partial charge in [0.2, 0.25) is 5.90 Å². The second-order valence-electron chi connectivity index (χ2n) is 9.35. The van der Waals surface area contributed by atoms with Crippen molar-refractivity contribution in [2.24, 2.45) is 4.99 Å². The first-order valence-electron chi connectivity index (χ1n) is 13.0. The van der Waals surface area contributed by atoms with E-state index < -0.39 is 11.6 Å². The number of ether oxygens (including phenoxy) is 4. The highest BCUT2D eigenvalue weighted by atomic mass is 79.9. The Hall–Kier alpha value is -3.60. The van der Waals surface area contributed by atoms with E-state index in [1.54, 1.807) is 14.2 Å². The fourth-order valence-corrected chi connectivity index (χ4v) is 4.65. The smallest absolute Gasteiger partial charge is 0.266 e. The molecule has 9 nitrogen and oxygen atoms in total. The van der Waals surface area contributed by atoms with E-state index in [1.165, 1.54) is 0 Å². The maximum absolute atomic E-state index is 13.8. The number of hydrogen-bond donors (Lipinski definition) is 3. The number of nitrogens with one attached hydrogen (secondary N) is 2. The number of hydrazine groups is 1. The molecule has 0 saturated heterocycles. The summed E-state index contributed by atoms with van der Waals surface area (Å²) < 4.78 is 23.5. The topological polar surface area (TPSA) is 111 Å². The van der Waals surface area contributed by atoms with Crippen molar-refractivity contribution in [3.8, 4) is 17.2 Å². The van der Waals surface area contributed by atoms with Crippen molar-refractivity contribution in [3.05, 3.63) is 87.9 Å². The van der Waals surface area contributed by atoms with Gasteiger partial charge in [0.05, 0.1) is 20.8 Å². The zero-order chi connectivity index (χ0) is 28.5. The van der Waals surface area contributed by atoms with Crippen LogP contribution >= 0.6 is 15.9 Å². The number of aliphatic hydroxyl groups is 1. The van der Waals surface area contributed by atoms with E-state index in [0.717, 1.165) is 21.2 Å². The van der Waals surface area contributed by atoms with Crippen LogP contribution in [0.2, 0.25) is 0 Å². The van der Waals surface area contributed by atoms with Crippen LogP contribution in [-0.4, -0.2) is 56.0 Å². The van der Waals surface area contributed by atoms with E-state index in [4.69, 9.17) is 29.0 Å². The van der Waals surface area contributed by atoms with E-state index in [2.05, 4.69) is 26.8 Å². The van der Waals surface area contributed by atoms with Crippen molar-refractivity contribution < 1.29 is 28.8 Å². The SMILES string of the molecule is COc1ccc(CNNC(=O)[C@@]2(Cc3ccc(Br)cc3)N=C(c3ccc(OCCCO)cc3)O[C@H]2C)cc1OC. The van der Waals surface area contributed by atoms with Gasteiger partial charge >= 0.3 is 0 Å². The van der Waals surface area contributed by atoms with Crippen LogP contribution < -0.4 is 25.1 Å². The molecule has 0 spiro atoms. The van der Waals surface area contributed by atoms with Gasteiger partial charge in [-0.3, -0.25) is 10.2 Å². The third-order valence-electron chi connectivity index (χ3n) is 6.66. The molecule has 40 heavy (non-hydrogen) atoms. The molecule has 3 N–H and O–H groups in total. The van der Waals surface area contributed by atoms with Crippen molar-refractivity contribution in [1.29, 1.82) is 0 Å². The van der Waals surface area contributed by atoms with Gasteiger partial charge in [0.15, 0.2) is 17.0 Å². The number of carbonyl (C=O) groups excluding carboxylic acids is 1. The van der Waals surface area contributed by atoms with Crippen molar-refractivity contribution in [3.63, 3.8) is 0 Å². The van der Waals surface area contributed by atoms with Crippen molar-refractivity contribution in [1.82, 2.24) is 10.9 Å². The van der Waals surface area contributed by atoms with Crippen LogP contribution in [0.1, 0.15) is 30.0 Å². The summed E-state index contributed by atoms with van der Waals surface area (Å²) in [6, 6.07) is 20.7. The summed E-state index contributed by atoms with van der Waals surface area (Å²) >= 11 is 3.47. The number of aliphatic imine (C=N–C) groups is 1. The highest BCUT2D eigenvalue weighted by Gasteiger charge is 2.50. The van der Waals surface area contributed by atoms with Gasteiger partial charge in [-0.2, -0.15) is 0 Å². The normalized spacial score (nSPS) is 18.0. The van der Waals surface area contributed by atoms with E-state index in [0.29, 0.717) is 49.1 Å². The van der Waals surface area contributed by atoms with Crippen LogP contribution in [0, 0.1) is 0 Å². The molecule has 1 amide bonds. The van der Waals surface area contributed by atoms with Gasteiger partial charge in [-0.05, 0) is 66.6 Å². The molecule has 0 aromatic heterocycles. The Bertz CT molecular complexity index is 1320. The van der Waals surface area contributed by atoms with Crippen LogP contribution in [0.5, 0.6) is 17.2 Å². The average molecular weight is 613 g/mol. The highest BCUT2D eigenvalue weighted by Crippen LogP contribution is 2.33. The summed E-state index contributed by atoms with van der Waals surface area (Å²) in [5, 5.41) is 8.96. The zero-order valence-electron chi connectivity index (χ0n) is 22.8. The van der Waals surface area contributed by atoms with E-state index in [9.17, 15) is 4.79 Å². The minimum Gasteiger partial charge on any atom is -0.494 e. The first-order valence-corrected chi connectivity index (χ1v) is 13.8. The minimum absolute atomic E-state index is 0.0757. The van der Waals surface area contributed by atoms with Crippen molar-refractivity contribution in [2.45, 2.75) is 38.0 Å². The molecular formula is C30H34BrN3O6. The van der Waals surface area contributed by atoms with E-state index in [-0.39, 0.29) is 12.5 Å². The highest BCUT2D eigenvalue weighted by molar-refractivity contribution is 9.10. The first kappa shape index (κ1) is 29.4. The largest absolute Gasteiger partial charge is 0.494 e. The van der Waals surface area contributed by atoms with E-state index >= 15 is 0 Å². The minimum atomic E-state index is -1.20.